The van der Waals surface area contributed by atoms with Crippen molar-refractivity contribution in [3.63, 3.8) is 0 Å². The Hall–Kier alpha value is 0.270. The number of nitrogens with one attached hydrogen (secondary N) is 1. The molecule has 1 saturated carbocycles. The Labute approximate surface area is 91.9 Å². The Balaban J connectivity index is 2.14. The van der Waals surface area contributed by atoms with E-state index in [1.807, 2.05) is 11.8 Å². The number of aliphatic hydroxyl groups excluding tert-OH is 1. The van der Waals surface area contributed by atoms with E-state index >= 15 is 0 Å². The number of unbranched alkanes of at least 4 members (excludes halogenated alkanes) is 1. The van der Waals surface area contributed by atoms with E-state index in [0.29, 0.717) is 6.04 Å². The molecule has 1 atom stereocenters. The van der Waals surface area contributed by atoms with E-state index < -0.39 is 0 Å². The molecule has 0 radical (unpaired) electrons. The fraction of sp³-hybridized carbons (Fsp3) is 1.00. The van der Waals surface area contributed by atoms with Crippen molar-refractivity contribution in [2.75, 3.05) is 18.1 Å². The predicted molar refractivity (Wildman–Crippen MR) is 63.9 cm³/mol. The maximum absolute atomic E-state index is 9.34. The second-order valence-corrected chi connectivity index (χ2v) is 5.65. The van der Waals surface area contributed by atoms with E-state index in [2.05, 4.69) is 19.2 Å². The molecule has 0 aromatic heterocycles. The SMILES string of the molecule is CCCCSCC(C)(CO)NC1CC1. The van der Waals surface area contributed by atoms with Gasteiger partial charge in [0.05, 0.1) is 6.61 Å². The lowest BCUT2D eigenvalue weighted by Crippen LogP contribution is -2.49. The van der Waals surface area contributed by atoms with Crippen molar-refractivity contribution >= 4 is 11.8 Å². The van der Waals surface area contributed by atoms with Crippen LogP contribution in [0.3, 0.4) is 0 Å². The minimum atomic E-state index is -0.0560. The first kappa shape index (κ1) is 12.3. The van der Waals surface area contributed by atoms with Crippen molar-refractivity contribution in [3.8, 4) is 0 Å². The molecule has 3 heteroatoms. The lowest BCUT2D eigenvalue weighted by Gasteiger charge is -2.28. The third-order valence-electron chi connectivity index (χ3n) is 2.54. The van der Waals surface area contributed by atoms with Crippen LogP contribution in [0.15, 0.2) is 0 Å². The molecule has 0 bridgehead atoms. The smallest absolute Gasteiger partial charge is 0.0618 e. The monoisotopic (exact) mass is 217 g/mol. The predicted octanol–water partition coefficient (Wildman–Crippen LogP) is 2.02. The average Bonchev–Trinajstić information content (AvgIpc) is 2.96. The zero-order valence-electron chi connectivity index (χ0n) is 9.38. The molecule has 2 N–H and O–H groups in total. The van der Waals surface area contributed by atoms with Crippen LogP contribution in [-0.2, 0) is 0 Å². The normalized spacial score (nSPS) is 20.8. The summed E-state index contributed by atoms with van der Waals surface area (Å²) in [5, 5.41) is 12.9. The highest BCUT2D eigenvalue weighted by Crippen LogP contribution is 2.24. The van der Waals surface area contributed by atoms with Crippen molar-refractivity contribution in [3.05, 3.63) is 0 Å². The van der Waals surface area contributed by atoms with Gasteiger partial charge < -0.3 is 10.4 Å². The standard InChI is InChI=1S/C11H23NOS/c1-3-4-7-14-9-11(2,8-13)12-10-5-6-10/h10,12-13H,3-9H2,1-2H3. The largest absolute Gasteiger partial charge is 0.394 e. The van der Waals surface area contributed by atoms with Gasteiger partial charge in [-0.25, -0.2) is 0 Å². The van der Waals surface area contributed by atoms with Gasteiger partial charge in [-0.05, 0) is 31.9 Å². The molecule has 1 rings (SSSR count). The zero-order chi connectivity index (χ0) is 10.4. The molecular weight excluding hydrogens is 194 g/mol. The molecule has 14 heavy (non-hydrogen) atoms. The van der Waals surface area contributed by atoms with Crippen LogP contribution in [-0.4, -0.2) is 34.8 Å². The van der Waals surface area contributed by atoms with Gasteiger partial charge in [0.1, 0.15) is 0 Å². The van der Waals surface area contributed by atoms with Gasteiger partial charge >= 0.3 is 0 Å². The Morgan fingerprint density at radius 1 is 1.50 bits per heavy atom. The molecule has 2 nitrogen and oxygen atoms in total. The summed E-state index contributed by atoms with van der Waals surface area (Å²) in [4.78, 5) is 0. The number of hydrogen-bond donors (Lipinski definition) is 2. The summed E-state index contributed by atoms with van der Waals surface area (Å²) in [7, 11) is 0. The molecule has 0 aliphatic heterocycles. The molecular formula is C11H23NOS. The molecule has 1 fully saturated rings. The van der Waals surface area contributed by atoms with Gasteiger partial charge in [-0.15, -0.1) is 0 Å². The summed E-state index contributed by atoms with van der Waals surface area (Å²) >= 11 is 1.96. The first-order chi connectivity index (χ1) is 6.70. The van der Waals surface area contributed by atoms with Gasteiger partial charge in [0.15, 0.2) is 0 Å². The first-order valence-electron chi connectivity index (χ1n) is 5.66. The van der Waals surface area contributed by atoms with E-state index in [4.69, 9.17) is 0 Å². The molecule has 0 aromatic rings. The molecule has 0 aromatic carbocycles. The molecule has 0 saturated heterocycles. The van der Waals surface area contributed by atoms with Crippen molar-refractivity contribution in [1.82, 2.24) is 5.32 Å². The van der Waals surface area contributed by atoms with Gasteiger partial charge in [0.25, 0.3) is 0 Å². The molecule has 84 valence electrons. The zero-order valence-corrected chi connectivity index (χ0v) is 10.2. The molecule has 0 amide bonds. The molecule has 1 unspecified atom stereocenters. The average molecular weight is 217 g/mol. The summed E-state index contributed by atoms with van der Waals surface area (Å²) in [5.41, 5.74) is -0.0560. The van der Waals surface area contributed by atoms with Crippen molar-refractivity contribution in [1.29, 1.82) is 0 Å². The van der Waals surface area contributed by atoms with Crippen LogP contribution in [0, 0.1) is 0 Å². The van der Waals surface area contributed by atoms with Crippen LogP contribution in [0.5, 0.6) is 0 Å². The summed E-state index contributed by atoms with van der Waals surface area (Å²) in [6.45, 7) is 4.60. The fourth-order valence-corrected chi connectivity index (χ4v) is 2.66. The number of thioether (sulfide) groups is 1. The second-order valence-electron chi connectivity index (χ2n) is 4.54. The van der Waals surface area contributed by atoms with Crippen LogP contribution in [0.25, 0.3) is 0 Å². The van der Waals surface area contributed by atoms with Crippen molar-refractivity contribution in [2.24, 2.45) is 0 Å². The van der Waals surface area contributed by atoms with Gasteiger partial charge in [-0.2, -0.15) is 11.8 Å². The van der Waals surface area contributed by atoms with E-state index in [1.54, 1.807) is 0 Å². The lowest BCUT2D eigenvalue weighted by molar-refractivity contribution is 0.190. The number of rotatable bonds is 8. The minimum absolute atomic E-state index is 0.0560. The highest BCUT2D eigenvalue weighted by Gasteiger charge is 2.31. The Bertz CT molecular complexity index is 161. The third-order valence-corrected chi connectivity index (χ3v) is 3.96. The van der Waals surface area contributed by atoms with E-state index in [-0.39, 0.29) is 12.1 Å². The van der Waals surface area contributed by atoms with Gasteiger partial charge in [-0.3, -0.25) is 0 Å². The van der Waals surface area contributed by atoms with E-state index in [9.17, 15) is 5.11 Å². The molecule has 0 heterocycles. The van der Waals surface area contributed by atoms with Crippen LogP contribution in [0.2, 0.25) is 0 Å². The quantitative estimate of drug-likeness (QED) is 0.610. The summed E-state index contributed by atoms with van der Waals surface area (Å²) in [5.74, 6) is 2.25. The van der Waals surface area contributed by atoms with Crippen LogP contribution in [0.4, 0.5) is 0 Å². The van der Waals surface area contributed by atoms with Gasteiger partial charge in [0.2, 0.25) is 0 Å². The van der Waals surface area contributed by atoms with Crippen LogP contribution < -0.4 is 5.32 Å². The highest BCUT2D eigenvalue weighted by molar-refractivity contribution is 7.99. The Morgan fingerprint density at radius 2 is 2.21 bits per heavy atom. The minimum Gasteiger partial charge on any atom is -0.394 e. The van der Waals surface area contributed by atoms with Crippen molar-refractivity contribution < 1.29 is 5.11 Å². The number of hydrogen-bond acceptors (Lipinski definition) is 3. The summed E-state index contributed by atoms with van der Waals surface area (Å²) < 4.78 is 0. The van der Waals surface area contributed by atoms with Crippen LogP contribution in [0.1, 0.15) is 39.5 Å². The van der Waals surface area contributed by atoms with Gasteiger partial charge in [-0.1, -0.05) is 13.3 Å². The topological polar surface area (TPSA) is 32.3 Å². The third kappa shape index (κ3) is 4.67. The van der Waals surface area contributed by atoms with Gasteiger partial charge in [0, 0.05) is 17.3 Å². The molecule has 1 aliphatic carbocycles. The maximum Gasteiger partial charge on any atom is 0.0618 e. The van der Waals surface area contributed by atoms with Crippen LogP contribution >= 0.6 is 11.8 Å². The summed E-state index contributed by atoms with van der Waals surface area (Å²) in [6.07, 6.45) is 5.12. The van der Waals surface area contributed by atoms with E-state index in [1.165, 1.54) is 31.4 Å². The van der Waals surface area contributed by atoms with Crippen molar-refractivity contribution in [2.45, 2.75) is 51.1 Å². The lowest BCUT2D eigenvalue weighted by atomic mass is 10.1. The second kappa shape index (κ2) is 5.99. The highest BCUT2D eigenvalue weighted by atomic mass is 32.2. The fourth-order valence-electron chi connectivity index (χ4n) is 1.40. The Kier molecular flexibility index (Phi) is 5.28. The van der Waals surface area contributed by atoms with E-state index in [0.717, 1.165) is 5.75 Å². The first-order valence-corrected chi connectivity index (χ1v) is 6.82. The number of aliphatic hydroxyl groups is 1. The Morgan fingerprint density at radius 3 is 2.71 bits per heavy atom. The summed E-state index contributed by atoms with van der Waals surface area (Å²) in [6, 6.07) is 0.680. The molecule has 0 spiro atoms. The maximum atomic E-state index is 9.34. The molecule has 1 aliphatic rings.